The minimum Gasteiger partial charge on any atom is -0.496 e. The van der Waals surface area contributed by atoms with E-state index in [9.17, 15) is 4.79 Å². The Morgan fingerprint density at radius 1 is 1.57 bits per heavy atom. The molecule has 0 aliphatic heterocycles. The molecule has 0 amide bonds. The lowest BCUT2D eigenvalue weighted by Gasteiger charge is -2.10. The molecule has 14 heavy (non-hydrogen) atoms. The Morgan fingerprint density at radius 2 is 2.21 bits per heavy atom. The number of nitrogens with two attached hydrogens (primary N) is 1. The predicted octanol–water partition coefficient (Wildman–Crippen LogP) is 1.91. The van der Waals surface area contributed by atoms with Gasteiger partial charge >= 0.3 is 0 Å². The maximum absolute atomic E-state index is 11.5. The van der Waals surface area contributed by atoms with Gasteiger partial charge in [0.05, 0.1) is 19.2 Å². The van der Waals surface area contributed by atoms with Crippen molar-refractivity contribution in [2.24, 2.45) is 5.73 Å². The zero-order chi connectivity index (χ0) is 10.7. The molecule has 0 bridgehead atoms. The first kappa shape index (κ1) is 11.2. The molecule has 0 aromatic heterocycles. The van der Waals surface area contributed by atoms with Crippen LogP contribution in [-0.4, -0.2) is 19.4 Å². The molecule has 0 aliphatic rings. The molecule has 1 aromatic carbocycles. The van der Waals surface area contributed by atoms with Gasteiger partial charge in [0.25, 0.3) is 0 Å². The third-order valence-corrected chi connectivity index (χ3v) is 2.39. The van der Waals surface area contributed by atoms with E-state index in [-0.39, 0.29) is 12.3 Å². The van der Waals surface area contributed by atoms with E-state index in [1.165, 1.54) is 0 Å². The van der Waals surface area contributed by atoms with Gasteiger partial charge in [0, 0.05) is 4.47 Å². The second-order valence-corrected chi connectivity index (χ2v) is 3.85. The van der Waals surface area contributed by atoms with Crippen molar-refractivity contribution in [3.05, 3.63) is 27.7 Å². The molecule has 76 valence electrons. The summed E-state index contributed by atoms with van der Waals surface area (Å²) in [6.45, 7) is 1.88. The number of hydrogen-bond acceptors (Lipinski definition) is 3. The lowest BCUT2D eigenvalue weighted by molar-refractivity contribution is 0.0998. The Bertz CT molecular complexity index is 363. The van der Waals surface area contributed by atoms with Crippen LogP contribution in [0, 0.1) is 6.92 Å². The van der Waals surface area contributed by atoms with Gasteiger partial charge in [-0.25, -0.2) is 0 Å². The van der Waals surface area contributed by atoms with Crippen molar-refractivity contribution >= 4 is 21.7 Å². The number of methoxy groups -OCH3 is 1. The normalized spacial score (nSPS) is 10.0. The van der Waals surface area contributed by atoms with Crippen molar-refractivity contribution in [1.29, 1.82) is 0 Å². The fourth-order valence-corrected chi connectivity index (χ4v) is 1.89. The van der Waals surface area contributed by atoms with Crippen LogP contribution < -0.4 is 10.5 Å². The zero-order valence-corrected chi connectivity index (χ0v) is 9.72. The van der Waals surface area contributed by atoms with Gasteiger partial charge < -0.3 is 10.5 Å². The average Bonchev–Trinajstić information content (AvgIpc) is 2.15. The van der Waals surface area contributed by atoms with Gasteiger partial charge in [0.2, 0.25) is 0 Å². The summed E-state index contributed by atoms with van der Waals surface area (Å²) in [6, 6.07) is 3.62. The van der Waals surface area contributed by atoms with Crippen LogP contribution in [0.25, 0.3) is 0 Å². The van der Waals surface area contributed by atoms with E-state index in [4.69, 9.17) is 10.5 Å². The maximum Gasteiger partial charge on any atom is 0.180 e. The predicted molar refractivity (Wildman–Crippen MR) is 58.8 cm³/mol. The quantitative estimate of drug-likeness (QED) is 0.842. The Morgan fingerprint density at radius 3 is 2.71 bits per heavy atom. The second kappa shape index (κ2) is 4.57. The molecule has 4 heteroatoms. The molecule has 0 unspecified atom stereocenters. The summed E-state index contributed by atoms with van der Waals surface area (Å²) in [5, 5.41) is 0. The van der Waals surface area contributed by atoms with Gasteiger partial charge in [0.1, 0.15) is 5.75 Å². The zero-order valence-electron chi connectivity index (χ0n) is 8.13. The van der Waals surface area contributed by atoms with Crippen LogP contribution in [0.5, 0.6) is 5.75 Å². The number of ketones is 1. The standard InChI is InChI=1S/C10H12BrNO2/c1-6-3-7(11)4-8(9(13)5-12)10(6)14-2/h3-4H,5,12H2,1-2H3. The van der Waals surface area contributed by atoms with Crippen LogP contribution in [0.2, 0.25) is 0 Å². The number of carbonyl (C=O) groups excluding carboxylic acids is 1. The van der Waals surface area contributed by atoms with Crippen LogP contribution in [-0.2, 0) is 0 Å². The van der Waals surface area contributed by atoms with Crippen LogP contribution in [0.15, 0.2) is 16.6 Å². The summed E-state index contributed by atoms with van der Waals surface area (Å²) in [7, 11) is 1.55. The molecule has 0 saturated heterocycles. The molecule has 0 fully saturated rings. The highest BCUT2D eigenvalue weighted by Gasteiger charge is 2.13. The highest BCUT2D eigenvalue weighted by Crippen LogP contribution is 2.27. The van der Waals surface area contributed by atoms with E-state index < -0.39 is 0 Å². The number of Topliss-reactive ketones (excluding diaryl/α,β-unsaturated/α-hetero) is 1. The summed E-state index contributed by atoms with van der Waals surface area (Å²) in [6.07, 6.45) is 0. The molecule has 3 nitrogen and oxygen atoms in total. The highest BCUT2D eigenvalue weighted by atomic mass is 79.9. The second-order valence-electron chi connectivity index (χ2n) is 2.93. The molecule has 1 rings (SSSR count). The summed E-state index contributed by atoms with van der Waals surface area (Å²) in [4.78, 5) is 11.5. The van der Waals surface area contributed by atoms with E-state index in [0.29, 0.717) is 11.3 Å². The summed E-state index contributed by atoms with van der Waals surface area (Å²) in [5.41, 5.74) is 6.75. The number of hydrogen-bond donors (Lipinski definition) is 1. The minimum atomic E-state index is -0.119. The van der Waals surface area contributed by atoms with E-state index in [1.807, 2.05) is 13.0 Å². The summed E-state index contributed by atoms with van der Waals surface area (Å²) in [5.74, 6) is 0.481. The first-order chi connectivity index (χ1) is 6.60. The third kappa shape index (κ3) is 2.13. The largest absolute Gasteiger partial charge is 0.496 e. The molecule has 0 heterocycles. The number of aryl methyl sites for hydroxylation is 1. The molecule has 0 atom stereocenters. The molecule has 0 spiro atoms. The van der Waals surface area contributed by atoms with Gasteiger partial charge in [-0.3, -0.25) is 4.79 Å². The molecule has 0 radical (unpaired) electrons. The van der Waals surface area contributed by atoms with Crippen molar-refractivity contribution in [3.8, 4) is 5.75 Å². The lowest BCUT2D eigenvalue weighted by atomic mass is 10.1. The monoisotopic (exact) mass is 257 g/mol. The molecule has 2 N–H and O–H groups in total. The molecule has 0 saturated carbocycles. The SMILES string of the molecule is COc1c(C)cc(Br)cc1C(=O)CN. The van der Waals surface area contributed by atoms with Crippen molar-refractivity contribution in [3.63, 3.8) is 0 Å². The van der Waals surface area contributed by atoms with Gasteiger partial charge in [-0.05, 0) is 24.6 Å². The Balaban J connectivity index is 3.32. The van der Waals surface area contributed by atoms with Gasteiger partial charge in [-0.15, -0.1) is 0 Å². The molecule has 1 aromatic rings. The van der Waals surface area contributed by atoms with Crippen LogP contribution in [0.3, 0.4) is 0 Å². The minimum absolute atomic E-state index is 0.00769. The molecular weight excluding hydrogens is 246 g/mol. The number of ether oxygens (including phenoxy) is 1. The van der Waals surface area contributed by atoms with Crippen molar-refractivity contribution in [1.82, 2.24) is 0 Å². The van der Waals surface area contributed by atoms with Crippen LogP contribution in [0.1, 0.15) is 15.9 Å². The fraction of sp³-hybridized carbons (Fsp3) is 0.300. The van der Waals surface area contributed by atoms with Gasteiger partial charge in [-0.1, -0.05) is 15.9 Å². The van der Waals surface area contributed by atoms with E-state index in [0.717, 1.165) is 10.0 Å². The van der Waals surface area contributed by atoms with E-state index >= 15 is 0 Å². The smallest absolute Gasteiger partial charge is 0.180 e. The lowest BCUT2D eigenvalue weighted by Crippen LogP contribution is -2.15. The summed E-state index contributed by atoms with van der Waals surface area (Å²) < 4.78 is 6.01. The van der Waals surface area contributed by atoms with Crippen molar-refractivity contribution in [2.45, 2.75) is 6.92 Å². The van der Waals surface area contributed by atoms with Crippen molar-refractivity contribution < 1.29 is 9.53 Å². The van der Waals surface area contributed by atoms with Crippen molar-refractivity contribution in [2.75, 3.05) is 13.7 Å². The van der Waals surface area contributed by atoms with Gasteiger partial charge in [-0.2, -0.15) is 0 Å². The Labute approximate surface area is 91.4 Å². The highest BCUT2D eigenvalue weighted by molar-refractivity contribution is 9.10. The van der Waals surface area contributed by atoms with Crippen LogP contribution >= 0.6 is 15.9 Å². The van der Waals surface area contributed by atoms with Crippen LogP contribution in [0.4, 0.5) is 0 Å². The number of rotatable bonds is 3. The maximum atomic E-state index is 11.5. The van der Waals surface area contributed by atoms with E-state index in [2.05, 4.69) is 15.9 Å². The fourth-order valence-electron chi connectivity index (χ4n) is 1.32. The molecular formula is C10H12BrNO2. The topological polar surface area (TPSA) is 52.3 Å². The van der Waals surface area contributed by atoms with E-state index in [1.54, 1.807) is 13.2 Å². The molecule has 0 aliphatic carbocycles. The van der Waals surface area contributed by atoms with Gasteiger partial charge in [0.15, 0.2) is 5.78 Å². The number of halogens is 1. The average molecular weight is 258 g/mol. The Hall–Kier alpha value is -0.870. The third-order valence-electron chi connectivity index (χ3n) is 1.93. The number of carbonyl (C=O) groups is 1. The Kier molecular flexibility index (Phi) is 3.66. The first-order valence-electron chi connectivity index (χ1n) is 4.17. The number of benzene rings is 1. The summed E-state index contributed by atoms with van der Waals surface area (Å²) >= 11 is 3.33. The first-order valence-corrected chi connectivity index (χ1v) is 4.96.